The van der Waals surface area contributed by atoms with Crippen molar-refractivity contribution in [3.05, 3.63) is 120 Å². The van der Waals surface area contributed by atoms with E-state index in [0.29, 0.717) is 20.6 Å². The van der Waals surface area contributed by atoms with Crippen LogP contribution in [0, 0.1) is 0 Å². The van der Waals surface area contributed by atoms with Crippen LogP contribution < -0.4 is 24.4 Å². The lowest BCUT2D eigenvalue weighted by Crippen LogP contribution is -2.38. The van der Waals surface area contributed by atoms with Crippen LogP contribution in [0.4, 0.5) is 0 Å². The number of methoxy groups -OCH3 is 1. The fraction of sp³-hybridized carbons (Fsp3) is 0.167. The number of esters is 1. The predicted molar refractivity (Wildman–Crippen MR) is 143 cm³/mol. The monoisotopic (exact) mass is 508 g/mol. The first-order valence-corrected chi connectivity index (χ1v) is 12.9. The smallest absolute Gasteiger partial charge is 0.308 e. The van der Waals surface area contributed by atoms with Gasteiger partial charge in [0.2, 0.25) is 0 Å². The summed E-state index contributed by atoms with van der Waals surface area (Å²) in [5.74, 6) is 0.746. The molecule has 4 aromatic rings. The Labute approximate surface area is 217 Å². The number of para-hydroxylation sites is 1. The minimum atomic E-state index is -0.410. The molecular formula is C30H24N2O4S. The van der Waals surface area contributed by atoms with Gasteiger partial charge < -0.3 is 9.47 Å². The summed E-state index contributed by atoms with van der Waals surface area (Å²) in [6.45, 7) is 1.36. The number of ether oxygens (including phenoxy) is 2. The van der Waals surface area contributed by atoms with Gasteiger partial charge in [-0.3, -0.25) is 14.2 Å². The van der Waals surface area contributed by atoms with Crippen LogP contribution >= 0.6 is 11.3 Å². The van der Waals surface area contributed by atoms with Crippen molar-refractivity contribution in [1.29, 1.82) is 0 Å². The summed E-state index contributed by atoms with van der Waals surface area (Å²) in [5.41, 5.74) is 5.98. The fourth-order valence-electron chi connectivity index (χ4n) is 5.12. The minimum absolute atomic E-state index is 0.125. The average molecular weight is 509 g/mol. The number of carbonyl (C=O) groups is 1. The maximum Gasteiger partial charge on any atom is 0.308 e. The Bertz CT molecular complexity index is 1760. The Morgan fingerprint density at radius 1 is 1.05 bits per heavy atom. The maximum atomic E-state index is 13.9. The molecule has 0 unspecified atom stereocenters. The summed E-state index contributed by atoms with van der Waals surface area (Å²) < 4.78 is 13.2. The van der Waals surface area contributed by atoms with Crippen molar-refractivity contribution >= 4 is 29.1 Å². The molecule has 6 rings (SSSR count). The summed E-state index contributed by atoms with van der Waals surface area (Å²) >= 11 is 1.35. The molecule has 0 N–H and O–H groups in total. The summed E-state index contributed by atoms with van der Waals surface area (Å²) in [6, 6.07) is 23.2. The Hall–Kier alpha value is -4.23. The van der Waals surface area contributed by atoms with Crippen LogP contribution in [-0.2, 0) is 11.2 Å². The topological polar surface area (TPSA) is 69.9 Å². The van der Waals surface area contributed by atoms with E-state index in [1.165, 1.54) is 23.8 Å². The van der Waals surface area contributed by atoms with Crippen molar-refractivity contribution < 1.29 is 14.3 Å². The number of carbonyl (C=O) groups excluding carboxylic acids is 1. The van der Waals surface area contributed by atoms with E-state index in [1.807, 2.05) is 42.5 Å². The highest BCUT2D eigenvalue weighted by molar-refractivity contribution is 7.07. The maximum absolute atomic E-state index is 13.9. The zero-order chi connectivity index (χ0) is 25.5. The van der Waals surface area contributed by atoms with Gasteiger partial charge in [0.15, 0.2) is 4.80 Å². The first-order chi connectivity index (χ1) is 18.0. The molecule has 37 heavy (non-hydrogen) atoms. The summed E-state index contributed by atoms with van der Waals surface area (Å²) in [6.07, 6.45) is 3.49. The molecule has 1 aliphatic heterocycles. The van der Waals surface area contributed by atoms with E-state index in [2.05, 4.69) is 18.2 Å². The van der Waals surface area contributed by atoms with Crippen molar-refractivity contribution in [2.45, 2.75) is 25.8 Å². The fourth-order valence-corrected chi connectivity index (χ4v) is 6.11. The molecule has 3 aromatic carbocycles. The zero-order valence-corrected chi connectivity index (χ0v) is 21.2. The van der Waals surface area contributed by atoms with Gasteiger partial charge in [-0.25, -0.2) is 4.99 Å². The first kappa shape index (κ1) is 23.2. The second-order valence-corrected chi connectivity index (χ2v) is 10.0. The molecule has 184 valence electrons. The Balaban J connectivity index is 1.60. The van der Waals surface area contributed by atoms with Crippen molar-refractivity contribution in [3.8, 4) is 11.5 Å². The SMILES string of the molecule is COc1cccc([C@@H]2C3=C(N=c4s/c(=C/c5ccccc5OC(C)=O)c(=O)n42)c2ccccc2CC3)c1. The highest BCUT2D eigenvalue weighted by Crippen LogP contribution is 2.41. The van der Waals surface area contributed by atoms with Crippen LogP contribution in [0.2, 0.25) is 0 Å². The van der Waals surface area contributed by atoms with E-state index < -0.39 is 5.97 Å². The van der Waals surface area contributed by atoms with Gasteiger partial charge in [0.1, 0.15) is 11.5 Å². The predicted octanol–water partition coefficient (Wildman–Crippen LogP) is 4.25. The molecule has 6 nitrogen and oxygen atoms in total. The number of thiazole rings is 1. The minimum Gasteiger partial charge on any atom is -0.497 e. The van der Waals surface area contributed by atoms with Crippen molar-refractivity contribution in [2.75, 3.05) is 7.11 Å². The number of rotatable bonds is 4. The number of hydrogen-bond donors (Lipinski definition) is 0. The van der Waals surface area contributed by atoms with Crippen LogP contribution in [0.25, 0.3) is 11.8 Å². The summed E-state index contributed by atoms with van der Waals surface area (Å²) in [7, 11) is 1.65. The van der Waals surface area contributed by atoms with Crippen LogP contribution in [0.15, 0.2) is 88.2 Å². The largest absolute Gasteiger partial charge is 0.497 e. The van der Waals surface area contributed by atoms with Crippen LogP contribution in [0.5, 0.6) is 11.5 Å². The lowest BCUT2D eigenvalue weighted by molar-refractivity contribution is -0.131. The molecule has 0 amide bonds. The molecule has 0 radical (unpaired) electrons. The molecule has 1 aliphatic carbocycles. The number of aryl methyl sites for hydroxylation is 1. The highest BCUT2D eigenvalue weighted by Gasteiger charge is 2.32. The third-order valence-corrected chi connectivity index (χ3v) is 7.72. The van der Waals surface area contributed by atoms with E-state index in [-0.39, 0.29) is 11.6 Å². The molecular weight excluding hydrogens is 484 g/mol. The van der Waals surface area contributed by atoms with Gasteiger partial charge in [-0.2, -0.15) is 0 Å². The Kier molecular flexibility index (Phi) is 5.85. The molecule has 0 bridgehead atoms. The third-order valence-electron chi connectivity index (χ3n) is 6.74. The number of nitrogens with zero attached hydrogens (tertiary/aromatic N) is 2. The summed E-state index contributed by atoms with van der Waals surface area (Å²) in [4.78, 5) is 31.2. The second kappa shape index (κ2) is 9.33. The van der Waals surface area contributed by atoms with E-state index in [1.54, 1.807) is 29.9 Å². The Morgan fingerprint density at radius 2 is 1.86 bits per heavy atom. The normalized spacial score (nSPS) is 16.4. The van der Waals surface area contributed by atoms with Crippen LogP contribution in [0.3, 0.4) is 0 Å². The quantitative estimate of drug-likeness (QED) is 0.305. The summed E-state index contributed by atoms with van der Waals surface area (Å²) in [5, 5.41) is 0. The van der Waals surface area contributed by atoms with E-state index in [4.69, 9.17) is 14.5 Å². The molecule has 7 heteroatoms. The number of aromatic nitrogens is 1. The van der Waals surface area contributed by atoms with Crippen LogP contribution in [0.1, 0.15) is 41.6 Å². The van der Waals surface area contributed by atoms with Crippen molar-refractivity contribution in [3.63, 3.8) is 0 Å². The molecule has 1 atom stereocenters. The number of hydrogen-bond acceptors (Lipinski definition) is 6. The van der Waals surface area contributed by atoms with Gasteiger partial charge in [0, 0.05) is 18.1 Å². The van der Waals surface area contributed by atoms with Gasteiger partial charge in [-0.05, 0) is 53.8 Å². The van der Waals surface area contributed by atoms with Crippen LogP contribution in [-0.4, -0.2) is 17.6 Å². The third kappa shape index (κ3) is 4.11. The molecule has 0 spiro atoms. The van der Waals surface area contributed by atoms with E-state index in [9.17, 15) is 9.59 Å². The average Bonchev–Trinajstić information content (AvgIpc) is 3.22. The molecule has 2 aliphatic rings. The number of allylic oxidation sites excluding steroid dienone is 1. The van der Waals surface area contributed by atoms with Gasteiger partial charge in [0.05, 0.1) is 23.4 Å². The number of fused-ring (bicyclic) bond motifs is 3. The van der Waals surface area contributed by atoms with Crippen molar-refractivity contribution in [2.24, 2.45) is 4.99 Å². The van der Waals surface area contributed by atoms with E-state index in [0.717, 1.165) is 41.0 Å². The van der Waals surface area contributed by atoms with E-state index >= 15 is 0 Å². The lowest BCUT2D eigenvalue weighted by Gasteiger charge is -2.31. The zero-order valence-electron chi connectivity index (χ0n) is 20.4. The van der Waals surface area contributed by atoms with Gasteiger partial charge in [-0.15, -0.1) is 0 Å². The second-order valence-electron chi connectivity index (χ2n) is 9.02. The number of benzene rings is 3. The molecule has 0 fully saturated rings. The first-order valence-electron chi connectivity index (χ1n) is 12.1. The highest BCUT2D eigenvalue weighted by atomic mass is 32.1. The molecule has 1 aromatic heterocycles. The molecule has 0 saturated carbocycles. The van der Waals surface area contributed by atoms with Gasteiger partial charge in [0.25, 0.3) is 5.56 Å². The lowest BCUT2D eigenvalue weighted by atomic mass is 9.83. The molecule has 0 saturated heterocycles. The Morgan fingerprint density at radius 3 is 2.70 bits per heavy atom. The van der Waals surface area contributed by atoms with Gasteiger partial charge in [-0.1, -0.05) is 65.9 Å². The van der Waals surface area contributed by atoms with Crippen molar-refractivity contribution in [1.82, 2.24) is 4.57 Å². The van der Waals surface area contributed by atoms with Gasteiger partial charge >= 0.3 is 5.97 Å². The molecule has 2 heterocycles. The standard InChI is InChI=1S/C30H24N2O4S/c1-18(33)36-25-13-6-4-9-20(25)17-26-29(34)32-28(21-10-7-11-22(16-21)35-2)24-15-14-19-8-3-5-12-23(19)27(24)31-30(32)37-26/h3-13,16-17,28H,14-15H2,1-2H3/b26-17+/t28-/m1/s1.